The van der Waals surface area contributed by atoms with Gasteiger partial charge in [0.25, 0.3) is 0 Å². The molecule has 1 aromatic carbocycles. The van der Waals surface area contributed by atoms with E-state index >= 15 is 0 Å². The van der Waals surface area contributed by atoms with Crippen molar-refractivity contribution in [3.63, 3.8) is 0 Å². The third kappa shape index (κ3) is 5.33. The van der Waals surface area contributed by atoms with Gasteiger partial charge in [-0.25, -0.2) is 0 Å². The van der Waals surface area contributed by atoms with Crippen molar-refractivity contribution in [2.45, 2.75) is 45.1 Å². The standard InChI is InChI=1S/C17H27NO/c1-17(2,11-10-15-7-4-3-5-8-15)18-13-16-9-6-12-19-14-16/h3-5,7-8,16,18H,6,9-14H2,1-2H3. The zero-order valence-electron chi connectivity index (χ0n) is 12.3. The van der Waals surface area contributed by atoms with Crippen LogP contribution in [0.3, 0.4) is 0 Å². The number of ether oxygens (including phenoxy) is 1. The van der Waals surface area contributed by atoms with Crippen molar-refractivity contribution >= 4 is 0 Å². The molecule has 0 amide bonds. The quantitative estimate of drug-likeness (QED) is 0.847. The van der Waals surface area contributed by atoms with Gasteiger partial charge in [0.15, 0.2) is 0 Å². The fourth-order valence-corrected chi connectivity index (χ4v) is 2.58. The van der Waals surface area contributed by atoms with Crippen LogP contribution in [0.1, 0.15) is 38.7 Å². The second-order valence-electron chi connectivity index (χ2n) is 6.33. The molecule has 1 heterocycles. The van der Waals surface area contributed by atoms with Gasteiger partial charge < -0.3 is 10.1 Å². The largest absolute Gasteiger partial charge is 0.381 e. The maximum absolute atomic E-state index is 5.54. The van der Waals surface area contributed by atoms with E-state index in [2.05, 4.69) is 49.5 Å². The lowest BCUT2D eigenvalue weighted by atomic mass is 9.93. The summed E-state index contributed by atoms with van der Waals surface area (Å²) < 4.78 is 5.54. The Bertz CT molecular complexity index is 355. The molecule has 1 unspecified atom stereocenters. The molecule has 0 aliphatic carbocycles. The molecular formula is C17H27NO. The van der Waals surface area contributed by atoms with E-state index in [1.165, 1.54) is 24.8 Å². The van der Waals surface area contributed by atoms with Crippen LogP contribution in [0.4, 0.5) is 0 Å². The molecule has 0 bridgehead atoms. The van der Waals surface area contributed by atoms with E-state index in [9.17, 15) is 0 Å². The molecule has 1 aromatic rings. The summed E-state index contributed by atoms with van der Waals surface area (Å²) in [7, 11) is 0. The summed E-state index contributed by atoms with van der Waals surface area (Å²) in [5.41, 5.74) is 1.63. The number of hydrogen-bond donors (Lipinski definition) is 1. The first-order chi connectivity index (χ1) is 9.16. The van der Waals surface area contributed by atoms with E-state index in [-0.39, 0.29) is 5.54 Å². The second-order valence-corrected chi connectivity index (χ2v) is 6.33. The van der Waals surface area contributed by atoms with Gasteiger partial charge in [-0.1, -0.05) is 30.3 Å². The van der Waals surface area contributed by atoms with Crippen LogP contribution >= 0.6 is 0 Å². The molecule has 0 spiro atoms. The number of aryl methyl sites for hydroxylation is 1. The molecule has 0 aromatic heterocycles. The van der Waals surface area contributed by atoms with Crippen molar-refractivity contribution in [2.75, 3.05) is 19.8 Å². The predicted molar refractivity (Wildman–Crippen MR) is 80.4 cm³/mol. The fraction of sp³-hybridized carbons (Fsp3) is 0.647. The van der Waals surface area contributed by atoms with Gasteiger partial charge in [0, 0.05) is 18.7 Å². The normalized spacial score (nSPS) is 20.4. The van der Waals surface area contributed by atoms with Gasteiger partial charge >= 0.3 is 0 Å². The highest BCUT2D eigenvalue weighted by atomic mass is 16.5. The Labute approximate surface area is 117 Å². The monoisotopic (exact) mass is 261 g/mol. The van der Waals surface area contributed by atoms with Crippen LogP contribution in [0.2, 0.25) is 0 Å². The average Bonchev–Trinajstić information content (AvgIpc) is 2.46. The highest BCUT2D eigenvalue weighted by molar-refractivity contribution is 5.15. The van der Waals surface area contributed by atoms with Gasteiger partial charge in [-0.05, 0) is 51.0 Å². The Morgan fingerprint density at radius 1 is 1.26 bits per heavy atom. The Balaban J connectivity index is 1.71. The highest BCUT2D eigenvalue weighted by Crippen LogP contribution is 2.17. The Morgan fingerprint density at radius 3 is 2.74 bits per heavy atom. The first kappa shape index (κ1) is 14.5. The van der Waals surface area contributed by atoms with E-state index < -0.39 is 0 Å². The summed E-state index contributed by atoms with van der Waals surface area (Å²) in [5, 5.41) is 3.72. The van der Waals surface area contributed by atoms with Gasteiger partial charge in [0.2, 0.25) is 0 Å². The third-order valence-electron chi connectivity index (χ3n) is 4.01. The molecule has 0 radical (unpaired) electrons. The Kier molecular flexibility index (Phi) is 5.41. The molecule has 2 heteroatoms. The van der Waals surface area contributed by atoms with E-state index in [4.69, 9.17) is 4.74 Å². The Morgan fingerprint density at radius 2 is 2.05 bits per heavy atom. The Hall–Kier alpha value is -0.860. The molecule has 1 saturated heterocycles. The predicted octanol–water partition coefficient (Wildman–Crippen LogP) is 3.41. The molecular weight excluding hydrogens is 234 g/mol. The first-order valence-electron chi connectivity index (χ1n) is 7.52. The van der Waals surface area contributed by atoms with E-state index in [1.54, 1.807) is 0 Å². The summed E-state index contributed by atoms with van der Waals surface area (Å²) in [6, 6.07) is 10.7. The van der Waals surface area contributed by atoms with E-state index in [0.29, 0.717) is 5.92 Å². The minimum absolute atomic E-state index is 0.202. The summed E-state index contributed by atoms with van der Waals surface area (Å²) in [6.45, 7) is 7.58. The highest BCUT2D eigenvalue weighted by Gasteiger charge is 2.20. The van der Waals surface area contributed by atoms with Crippen LogP contribution in [0.25, 0.3) is 0 Å². The third-order valence-corrected chi connectivity index (χ3v) is 4.01. The summed E-state index contributed by atoms with van der Waals surface area (Å²) >= 11 is 0. The van der Waals surface area contributed by atoms with Gasteiger partial charge in [-0.15, -0.1) is 0 Å². The molecule has 1 fully saturated rings. The SMILES string of the molecule is CC(C)(CCc1ccccc1)NCC1CCCOC1. The van der Waals surface area contributed by atoms with Gasteiger partial charge in [0.05, 0.1) is 6.61 Å². The van der Waals surface area contributed by atoms with Crippen molar-refractivity contribution in [1.29, 1.82) is 0 Å². The summed E-state index contributed by atoms with van der Waals surface area (Å²) in [4.78, 5) is 0. The molecule has 1 atom stereocenters. The lowest BCUT2D eigenvalue weighted by Gasteiger charge is -2.30. The number of rotatable bonds is 6. The van der Waals surface area contributed by atoms with Crippen molar-refractivity contribution in [1.82, 2.24) is 5.32 Å². The minimum Gasteiger partial charge on any atom is -0.381 e. The van der Waals surface area contributed by atoms with Gasteiger partial charge in [-0.3, -0.25) is 0 Å². The van der Waals surface area contributed by atoms with E-state index in [1.807, 2.05) is 0 Å². The number of nitrogens with one attached hydrogen (secondary N) is 1. The smallest absolute Gasteiger partial charge is 0.0506 e. The topological polar surface area (TPSA) is 21.3 Å². The minimum atomic E-state index is 0.202. The second kappa shape index (κ2) is 7.06. The molecule has 0 saturated carbocycles. The summed E-state index contributed by atoms with van der Waals surface area (Å²) in [6.07, 6.45) is 4.84. The molecule has 106 valence electrons. The molecule has 2 nitrogen and oxygen atoms in total. The maximum atomic E-state index is 5.54. The zero-order chi connectivity index (χ0) is 13.6. The molecule has 1 aliphatic rings. The molecule has 2 rings (SSSR count). The zero-order valence-corrected chi connectivity index (χ0v) is 12.3. The van der Waals surface area contributed by atoms with Crippen LogP contribution in [0.5, 0.6) is 0 Å². The van der Waals surface area contributed by atoms with Crippen LogP contribution in [0, 0.1) is 5.92 Å². The van der Waals surface area contributed by atoms with Crippen LogP contribution in [-0.4, -0.2) is 25.3 Å². The van der Waals surface area contributed by atoms with Gasteiger partial charge in [-0.2, -0.15) is 0 Å². The lowest BCUT2D eigenvalue weighted by molar-refractivity contribution is 0.0520. The van der Waals surface area contributed by atoms with Crippen molar-refractivity contribution in [3.8, 4) is 0 Å². The molecule has 1 aliphatic heterocycles. The van der Waals surface area contributed by atoms with Gasteiger partial charge in [0.1, 0.15) is 0 Å². The van der Waals surface area contributed by atoms with Crippen molar-refractivity contribution < 1.29 is 4.74 Å². The fourth-order valence-electron chi connectivity index (χ4n) is 2.58. The van der Waals surface area contributed by atoms with Crippen LogP contribution < -0.4 is 5.32 Å². The number of hydrogen-bond acceptors (Lipinski definition) is 2. The lowest BCUT2D eigenvalue weighted by Crippen LogP contribution is -2.43. The molecule has 1 N–H and O–H groups in total. The maximum Gasteiger partial charge on any atom is 0.0506 e. The van der Waals surface area contributed by atoms with Crippen molar-refractivity contribution in [2.24, 2.45) is 5.92 Å². The van der Waals surface area contributed by atoms with Crippen LogP contribution in [-0.2, 0) is 11.2 Å². The summed E-state index contributed by atoms with van der Waals surface area (Å²) in [5.74, 6) is 0.699. The molecule has 19 heavy (non-hydrogen) atoms. The number of benzene rings is 1. The average molecular weight is 261 g/mol. The van der Waals surface area contributed by atoms with Crippen molar-refractivity contribution in [3.05, 3.63) is 35.9 Å². The first-order valence-corrected chi connectivity index (χ1v) is 7.52. The van der Waals surface area contributed by atoms with Crippen LogP contribution in [0.15, 0.2) is 30.3 Å². The van der Waals surface area contributed by atoms with E-state index in [0.717, 1.165) is 26.2 Å².